The van der Waals surface area contributed by atoms with Gasteiger partial charge in [-0.1, -0.05) is 0 Å². The highest BCUT2D eigenvalue weighted by Gasteiger charge is 2.18. The third-order valence-electron chi connectivity index (χ3n) is 4.35. The van der Waals surface area contributed by atoms with E-state index in [1.54, 1.807) is 25.7 Å². The lowest BCUT2D eigenvalue weighted by Crippen LogP contribution is -2.25. The van der Waals surface area contributed by atoms with E-state index in [1.165, 1.54) is 0 Å². The van der Waals surface area contributed by atoms with E-state index in [9.17, 15) is 4.79 Å². The number of imidazole rings is 1. The highest BCUT2D eigenvalue weighted by molar-refractivity contribution is 5.94. The van der Waals surface area contributed by atoms with Crippen LogP contribution in [0.3, 0.4) is 0 Å². The number of carbonyl (C=O) groups excluding carboxylic acids is 1. The molecule has 0 aliphatic rings. The fourth-order valence-electron chi connectivity index (χ4n) is 3.04. The van der Waals surface area contributed by atoms with E-state index < -0.39 is 0 Å². The number of benzene rings is 1. The number of hydrogen-bond donors (Lipinski definition) is 1. The lowest BCUT2D eigenvalue weighted by atomic mass is 10.1. The molecule has 0 unspecified atom stereocenters. The van der Waals surface area contributed by atoms with Crippen molar-refractivity contribution >= 4 is 11.6 Å². The number of hydrogen-bond acceptors (Lipinski definition) is 5. The minimum atomic E-state index is -0.197. The van der Waals surface area contributed by atoms with Crippen LogP contribution in [-0.4, -0.2) is 36.6 Å². The fraction of sp³-hybridized carbons (Fsp3) is 0.300. The second-order valence-electron chi connectivity index (χ2n) is 6.19. The smallest absolute Gasteiger partial charge is 0.270 e. The van der Waals surface area contributed by atoms with Gasteiger partial charge in [0, 0.05) is 12.7 Å². The third kappa shape index (κ3) is 3.53. The zero-order valence-electron chi connectivity index (χ0n) is 16.1. The molecule has 0 aliphatic heterocycles. The maximum absolute atomic E-state index is 12.8. The van der Waals surface area contributed by atoms with Gasteiger partial charge in [0.05, 0.1) is 27.0 Å². The Bertz CT molecular complexity index is 969. The molecule has 0 bridgehead atoms. The summed E-state index contributed by atoms with van der Waals surface area (Å²) in [6.07, 6.45) is 1.86. The highest BCUT2D eigenvalue weighted by atomic mass is 16.5. The Morgan fingerprint density at radius 1 is 1.07 bits per heavy atom. The number of nitrogens with zero attached hydrogens (tertiary/aromatic N) is 2. The third-order valence-corrected chi connectivity index (χ3v) is 4.35. The Morgan fingerprint density at radius 2 is 1.74 bits per heavy atom. The predicted molar refractivity (Wildman–Crippen MR) is 102 cm³/mol. The topological polar surface area (TPSA) is 74.1 Å². The van der Waals surface area contributed by atoms with Crippen LogP contribution in [0.5, 0.6) is 17.2 Å². The Kier molecular flexibility index (Phi) is 5.21. The second-order valence-corrected chi connectivity index (χ2v) is 6.19. The van der Waals surface area contributed by atoms with Gasteiger partial charge in [-0.3, -0.25) is 9.20 Å². The van der Waals surface area contributed by atoms with Gasteiger partial charge in [-0.2, -0.15) is 0 Å². The van der Waals surface area contributed by atoms with Crippen molar-refractivity contribution in [2.45, 2.75) is 20.4 Å². The van der Waals surface area contributed by atoms with Gasteiger partial charge in [-0.15, -0.1) is 0 Å². The normalized spacial score (nSPS) is 10.7. The molecule has 27 heavy (non-hydrogen) atoms. The number of ether oxygens (including phenoxy) is 3. The largest absolute Gasteiger partial charge is 0.493 e. The minimum Gasteiger partial charge on any atom is -0.493 e. The maximum Gasteiger partial charge on any atom is 0.270 e. The molecule has 3 aromatic rings. The molecule has 0 fully saturated rings. The zero-order valence-corrected chi connectivity index (χ0v) is 16.1. The zero-order chi connectivity index (χ0) is 19.6. The van der Waals surface area contributed by atoms with Gasteiger partial charge in [0.25, 0.3) is 5.91 Å². The van der Waals surface area contributed by atoms with Crippen molar-refractivity contribution in [1.29, 1.82) is 0 Å². The van der Waals surface area contributed by atoms with Gasteiger partial charge in [0.15, 0.2) is 11.5 Å². The van der Waals surface area contributed by atoms with Crippen molar-refractivity contribution in [3.05, 3.63) is 53.0 Å². The molecule has 7 nitrogen and oxygen atoms in total. The summed E-state index contributed by atoms with van der Waals surface area (Å²) in [4.78, 5) is 17.2. The second kappa shape index (κ2) is 7.57. The van der Waals surface area contributed by atoms with Crippen LogP contribution in [0, 0.1) is 13.8 Å². The van der Waals surface area contributed by atoms with E-state index >= 15 is 0 Å². The Balaban J connectivity index is 1.85. The van der Waals surface area contributed by atoms with E-state index in [0.717, 1.165) is 16.8 Å². The fourth-order valence-corrected chi connectivity index (χ4v) is 3.04. The van der Waals surface area contributed by atoms with Gasteiger partial charge in [0.2, 0.25) is 5.75 Å². The van der Waals surface area contributed by atoms with Gasteiger partial charge in [0.1, 0.15) is 11.3 Å². The number of rotatable bonds is 6. The predicted octanol–water partition coefficient (Wildman–Crippen LogP) is 2.91. The first-order valence-corrected chi connectivity index (χ1v) is 8.51. The van der Waals surface area contributed by atoms with E-state index in [-0.39, 0.29) is 5.91 Å². The Hall–Kier alpha value is -3.22. The number of fused-ring (bicyclic) bond motifs is 1. The number of amides is 1. The molecule has 0 aliphatic carbocycles. The molecule has 1 N–H and O–H groups in total. The molecule has 0 radical (unpaired) electrons. The molecule has 7 heteroatoms. The van der Waals surface area contributed by atoms with Crippen molar-refractivity contribution in [2.24, 2.45) is 0 Å². The molecule has 2 heterocycles. The van der Waals surface area contributed by atoms with E-state index in [4.69, 9.17) is 14.2 Å². The van der Waals surface area contributed by atoms with Crippen LogP contribution < -0.4 is 19.5 Å². The van der Waals surface area contributed by atoms with Crippen LogP contribution >= 0.6 is 0 Å². The number of carbonyl (C=O) groups is 1. The van der Waals surface area contributed by atoms with Crippen LogP contribution in [0.25, 0.3) is 5.65 Å². The van der Waals surface area contributed by atoms with E-state index in [1.807, 2.05) is 44.3 Å². The van der Waals surface area contributed by atoms with Crippen LogP contribution in [0.2, 0.25) is 0 Å². The summed E-state index contributed by atoms with van der Waals surface area (Å²) in [6.45, 7) is 4.14. The van der Waals surface area contributed by atoms with Gasteiger partial charge in [-0.05, 0) is 49.2 Å². The molecule has 3 rings (SSSR count). The molecular weight excluding hydrogens is 346 g/mol. The highest BCUT2D eigenvalue weighted by Crippen LogP contribution is 2.38. The Labute approximate surface area is 157 Å². The SMILES string of the molecule is COc1cc(CNC(=O)c2c(C)nc3cc(C)ccn23)cc(OC)c1OC. The number of aryl methyl sites for hydroxylation is 2. The van der Waals surface area contributed by atoms with Crippen LogP contribution in [0.4, 0.5) is 0 Å². The van der Waals surface area contributed by atoms with Gasteiger partial charge >= 0.3 is 0 Å². The number of methoxy groups -OCH3 is 3. The summed E-state index contributed by atoms with van der Waals surface area (Å²) in [7, 11) is 4.67. The lowest BCUT2D eigenvalue weighted by Gasteiger charge is -2.14. The average molecular weight is 369 g/mol. The monoisotopic (exact) mass is 369 g/mol. The first kappa shape index (κ1) is 18.6. The van der Waals surface area contributed by atoms with Crippen molar-refractivity contribution in [1.82, 2.24) is 14.7 Å². The molecule has 2 aromatic heterocycles. The summed E-state index contributed by atoms with van der Waals surface area (Å²) in [6, 6.07) is 7.52. The Morgan fingerprint density at radius 3 is 2.33 bits per heavy atom. The molecule has 0 spiro atoms. The van der Waals surface area contributed by atoms with Gasteiger partial charge < -0.3 is 19.5 Å². The van der Waals surface area contributed by atoms with E-state index in [0.29, 0.717) is 35.2 Å². The quantitative estimate of drug-likeness (QED) is 0.723. The molecule has 0 atom stereocenters. The molecule has 1 aromatic carbocycles. The first-order chi connectivity index (χ1) is 13.0. The van der Waals surface area contributed by atoms with Crippen LogP contribution in [0.15, 0.2) is 30.5 Å². The summed E-state index contributed by atoms with van der Waals surface area (Å²) < 4.78 is 17.8. The van der Waals surface area contributed by atoms with Crippen molar-refractivity contribution in [2.75, 3.05) is 21.3 Å². The van der Waals surface area contributed by atoms with Crippen LogP contribution in [-0.2, 0) is 6.54 Å². The van der Waals surface area contributed by atoms with Crippen molar-refractivity contribution in [3.63, 3.8) is 0 Å². The first-order valence-electron chi connectivity index (χ1n) is 8.51. The molecule has 142 valence electrons. The summed E-state index contributed by atoms with van der Waals surface area (Å²) in [5.74, 6) is 1.41. The molecule has 0 saturated carbocycles. The summed E-state index contributed by atoms with van der Waals surface area (Å²) in [5, 5.41) is 2.94. The molecular formula is C20H23N3O4. The summed E-state index contributed by atoms with van der Waals surface area (Å²) >= 11 is 0. The molecule has 0 saturated heterocycles. The number of nitrogens with one attached hydrogen (secondary N) is 1. The molecule has 1 amide bonds. The summed E-state index contributed by atoms with van der Waals surface area (Å²) in [5.41, 5.74) is 3.89. The minimum absolute atomic E-state index is 0.197. The maximum atomic E-state index is 12.8. The average Bonchev–Trinajstić information content (AvgIpc) is 2.99. The van der Waals surface area contributed by atoms with E-state index in [2.05, 4.69) is 10.3 Å². The van der Waals surface area contributed by atoms with Gasteiger partial charge in [-0.25, -0.2) is 4.98 Å². The lowest BCUT2D eigenvalue weighted by molar-refractivity contribution is 0.0944. The number of pyridine rings is 1. The number of aromatic nitrogens is 2. The standard InChI is InChI=1S/C20H23N3O4/c1-12-6-7-23-17(8-12)22-13(2)18(23)20(24)21-11-14-9-15(25-3)19(27-5)16(10-14)26-4/h6-10H,11H2,1-5H3,(H,21,24). The van der Waals surface area contributed by atoms with Crippen molar-refractivity contribution in [3.8, 4) is 17.2 Å². The van der Waals surface area contributed by atoms with Crippen molar-refractivity contribution < 1.29 is 19.0 Å². The van der Waals surface area contributed by atoms with Crippen LogP contribution in [0.1, 0.15) is 27.3 Å².